The van der Waals surface area contributed by atoms with E-state index in [1.807, 2.05) is 12.2 Å². The molecule has 0 aromatic rings. The molecule has 0 bridgehead atoms. The molecule has 4 heteroatoms. The van der Waals surface area contributed by atoms with Gasteiger partial charge < -0.3 is 0 Å². The van der Waals surface area contributed by atoms with Crippen molar-refractivity contribution in [2.45, 2.75) is 5.01 Å². The molecule has 0 amide bonds. The first kappa shape index (κ1) is 6.45. The molecule has 1 aliphatic rings. The topological polar surface area (TPSA) is 26.3 Å². The minimum atomic E-state index is -1.10. The molecule has 0 aliphatic carbocycles. The molecule has 0 N–H and O–H groups in total. The Labute approximate surface area is 58.7 Å². The largest absolute Gasteiger partial charge is 0.271 e. The summed E-state index contributed by atoms with van der Waals surface area (Å²) in [5.74, 6) is 0.516. The molecule has 0 radical (unpaired) electrons. The first-order chi connectivity index (χ1) is 3.79. The van der Waals surface area contributed by atoms with Crippen LogP contribution in [0.4, 0.5) is 0 Å². The lowest BCUT2D eigenvalue weighted by atomic mass is 10.5. The molecule has 8 heavy (non-hydrogen) atoms. The number of hydrogen-bond acceptors (Lipinski definition) is 2. The summed E-state index contributed by atoms with van der Waals surface area (Å²) >= 11 is 2.02. The normalized spacial score (nSPS) is 37.6. The number of alkyl halides is 1. The molecule has 1 heterocycles. The Morgan fingerprint density at radius 3 is 3.00 bits per heavy atom. The fraction of sp³-hybridized carbons (Fsp3) is 0.500. The average Bonchev–Trinajstić information content (AvgIpc) is 1.64. The molecule has 2 nitrogen and oxygen atoms in total. The van der Waals surface area contributed by atoms with E-state index in [-0.39, 0.29) is 5.01 Å². The molecule has 0 aromatic carbocycles. The summed E-state index contributed by atoms with van der Waals surface area (Å²) in [5.41, 5.74) is 0. The summed E-state index contributed by atoms with van der Waals surface area (Å²) < 4.78 is 15.3. The van der Waals surface area contributed by atoms with Crippen LogP contribution in [0.25, 0.3) is 0 Å². The highest BCUT2D eigenvalue weighted by Crippen LogP contribution is 2.10. The number of rotatable bonds is 0. The van der Waals surface area contributed by atoms with Crippen LogP contribution in [0, 0.1) is 0 Å². The second kappa shape index (κ2) is 2.75. The van der Waals surface area contributed by atoms with Crippen molar-refractivity contribution in [3.63, 3.8) is 0 Å². The van der Waals surface area contributed by atoms with E-state index >= 15 is 0 Å². The van der Waals surface area contributed by atoms with Crippen LogP contribution in [0.5, 0.6) is 0 Å². The summed E-state index contributed by atoms with van der Waals surface area (Å²) in [6.45, 7) is 0. The quantitative estimate of drug-likeness (QED) is 0.427. The van der Waals surface area contributed by atoms with Gasteiger partial charge in [0, 0.05) is 0 Å². The number of hydrogen-bond donors (Lipinski definition) is 0. The minimum absolute atomic E-state index is 0.155. The van der Waals surface area contributed by atoms with Gasteiger partial charge in [0.2, 0.25) is 0 Å². The molecule has 1 aliphatic heterocycles. The van der Waals surface area contributed by atoms with Gasteiger partial charge in [0.1, 0.15) is 5.01 Å². The summed E-state index contributed by atoms with van der Waals surface area (Å²) in [5, 5.41) is -0.155. The SMILES string of the molecule is O=S1CC=C[C@@H](Br)O1. The van der Waals surface area contributed by atoms with E-state index in [9.17, 15) is 4.21 Å². The van der Waals surface area contributed by atoms with Crippen LogP contribution in [-0.4, -0.2) is 15.0 Å². The Morgan fingerprint density at radius 1 is 1.88 bits per heavy atom. The molecular weight excluding hydrogens is 192 g/mol. The second-order valence-corrected chi connectivity index (χ2v) is 3.38. The first-order valence-corrected chi connectivity index (χ1v) is 4.31. The number of halogens is 1. The van der Waals surface area contributed by atoms with Crippen LogP contribution in [0.1, 0.15) is 0 Å². The molecule has 2 atom stereocenters. The first-order valence-electron chi connectivity index (χ1n) is 2.15. The Balaban J connectivity index is 2.54. The Morgan fingerprint density at radius 2 is 2.62 bits per heavy atom. The van der Waals surface area contributed by atoms with E-state index in [4.69, 9.17) is 4.18 Å². The van der Waals surface area contributed by atoms with Crippen LogP contribution < -0.4 is 0 Å². The van der Waals surface area contributed by atoms with Crippen LogP contribution in [-0.2, 0) is 15.3 Å². The van der Waals surface area contributed by atoms with Crippen molar-refractivity contribution in [3.05, 3.63) is 12.2 Å². The predicted molar refractivity (Wildman–Crippen MR) is 35.9 cm³/mol. The van der Waals surface area contributed by atoms with Gasteiger partial charge in [0.25, 0.3) is 0 Å². The van der Waals surface area contributed by atoms with Gasteiger partial charge in [-0.1, -0.05) is 22.0 Å². The third-order valence-electron chi connectivity index (χ3n) is 0.719. The molecule has 0 saturated heterocycles. The van der Waals surface area contributed by atoms with Crippen molar-refractivity contribution < 1.29 is 8.39 Å². The fourth-order valence-electron chi connectivity index (χ4n) is 0.415. The van der Waals surface area contributed by atoms with E-state index < -0.39 is 11.1 Å². The van der Waals surface area contributed by atoms with Crippen molar-refractivity contribution >= 4 is 27.0 Å². The Hall–Kier alpha value is 0.330. The van der Waals surface area contributed by atoms with E-state index in [2.05, 4.69) is 15.9 Å². The minimum Gasteiger partial charge on any atom is -0.271 e. The van der Waals surface area contributed by atoms with Crippen molar-refractivity contribution in [1.29, 1.82) is 0 Å². The summed E-state index contributed by atoms with van der Waals surface area (Å²) in [6.07, 6.45) is 3.65. The molecule has 1 unspecified atom stereocenters. The van der Waals surface area contributed by atoms with E-state index in [1.165, 1.54) is 0 Å². The predicted octanol–water partition coefficient (Wildman–Crippen LogP) is 0.958. The van der Waals surface area contributed by atoms with Crippen molar-refractivity contribution in [1.82, 2.24) is 0 Å². The molecule has 0 fully saturated rings. The van der Waals surface area contributed by atoms with E-state index in [0.717, 1.165) is 0 Å². The average molecular weight is 197 g/mol. The lowest BCUT2D eigenvalue weighted by molar-refractivity contribution is 0.366. The van der Waals surface area contributed by atoms with Gasteiger partial charge >= 0.3 is 0 Å². The molecule has 1 rings (SSSR count). The van der Waals surface area contributed by atoms with Gasteiger partial charge in [-0.3, -0.25) is 4.18 Å². The Kier molecular flexibility index (Phi) is 2.22. The Bertz CT molecular complexity index is 134. The van der Waals surface area contributed by atoms with Crippen LogP contribution in [0.3, 0.4) is 0 Å². The highest BCUT2D eigenvalue weighted by atomic mass is 79.9. The summed E-state index contributed by atoms with van der Waals surface area (Å²) in [7, 11) is 0. The second-order valence-electron chi connectivity index (χ2n) is 1.35. The lowest BCUT2D eigenvalue weighted by Gasteiger charge is -2.08. The van der Waals surface area contributed by atoms with Gasteiger partial charge in [-0.2, -0.15) is 0 Å². The van der Waals surface area contributed by atoms with E-state index in [0.29, 0.717) is 5.75 Å². The lowest BCUT2D eigenvalue weighted by Crippen LogP contribution is -2.11. The van der Waals surface area contributed by atoms with Gasteiger partial charge in [-0.05, 0) is 6.08 Å². The van der Waals surface area contributed by atoms with Crippen LogP contribution in [0.15, 0.2) is 12.2 Å². The zero-order valence-electron chi connectivity index (χ0n) is 4.04. The molecular formula is C4H5BrO2S. The smallest absolute Gasteiger partial charge is 0.160 e. The maximum atomic E-state index is 10.5. The molecule has 0 saturated carbocycles. The van der Waals surface area contributed by atoms with Gasteiger partial charge in [0.15, 0.2) is 11.1 Å². The zero-order valence-corrected chi connectivity index (χ0v) is 6.44. The van der Waals surface area contributed by atoms with Crippen molar-refractivity contribution in [2.24, 2.45) is 0 Å². The monoisotopic (exact) mass is 196 g/mol. The van der Waals surface area contributed by atoms with E-state index in [1.54, 1.807) is 0 Å². The third-order valence-corrected chi connectivity index (χ3v) is 2.35. The third kappa shape index (κ3) is 1.69. The highest BCUT2D eigenvalue weighted by Gasteiger charge is 2.08. The fourth-order valence-corrected chi connectivity index (χ4v) is 1.76. The molecule has 0 aromatic heterocycles. The van der Waals surface area contributed by atoms with Crippen LogP contribution in [0.2, 0.25) is 0 Å². The molecule has 46 valence electrons. The molecule has 0 spiro atoms. The summed E-state index contributed by atoms with van der Waals surface area (Å²) in [4.78, 5) is 0. The highest BCUT2D eigenvalue weighted by molar-refractivity contribution is 9.09. The van der Waals surface area contributed by atoms with Gasteiger partial charge in [0.05, 0.1) is 5.75 Å². The standard InChI is InChI=1S/C4H5BrO2S/c5-4-2-1-3-8(6)7-4/h1-2,4H,3H2/t4-,8?/m0/s1. The maximum absolute atomic E-state index is 10.5. The van der Waals surface area contributed by atoms with Crippen molar-refractivity contribution in [2.75, 3.05) is 5.75 Å². The zero-order chi connectivity index (χ0) is 5.98. The van der Waals surface area contributed by atoms with Crippen LogP contribution >= 0.6 is 15.9 Å². The summed E-state index contributed by atoms with van der Waals surface area (Å²) in [6, 6.07) is 0. The van der Waals surface area contributed by atoms with Crippen molar-refractivity contribution in [3.8, 4) is 0 Å². The van der Waals surface area contributed by atoms with Gasteiger partial charge in [-0.25, -0.2) is 4.21 Å². The van der Waals surface area contributed by atoms with Gasteiger partial charge in [-0.15, -0.1) is 0 Å². The maximum Gasteiger partial charge on any atom is 0.160 e.